The molecular formula is H4Al2Fe2. The van der Waals surface area contributed by atoms with Crippen LogP contribution in [0.2, 0.25) is 0 Å². The van der Waals surface area contributed by atoms with Gasteiger partial charge in [-0.15, -0.1) is 0 Å². The summed E-state index contributed by atoms with van der Waals surface area (Å²) in [7, 11) is 0. The molecule has 0 N–H and O–H groups in total. The standard InChI is InChI=1S/2Al.2Fe.4H. The molecule has 0 saturated heterocycles. The number of rotatable bonds is 0. The second kappa shape index (κ2) is 19.4. The molecule has 0 saturated carbocycles. The van der Waals surface area contributed by atoms with Gasteiger partial charge in [-0.05, 0) is 0 Å². The minimum atomic E-state index is 0. The molecule has 0 aromatic rings. The van der Waals surface area contributed by atoms with Crippen LogP contribution in [-0.4, -0.2) is 34.7 Å². The summed E-state index contributed by atoms with van der Waals surface area (Å²) in [6.45, 7) is 0. The number of hydrogen-bond donors (Lipinski definition) is 0. The predicted molar refractivity (Wildman–Crippen MR) is 17.1 cm³/mol. The summed E-state index contributed by atoms with van der Waals surface area (Å²) < 4.78 is 0. The molecule has 0 atom stereocenters. The van der Waals surface area contributed by atoms with Crippen LogP contribution < -0.4 is 0 Å². The summed E-state index contributed by atoms with van der Waals surface area (Å²) in [5.41, 5.74) is 0. The molecule has 0 fully saturated rings. The second-order valence-corrected chi connectivity index (χ2v) is 0. The Labute approximate surface area is 68.3 Å². The van der Waals surface area contributed by atoms with Gasteiger partial charge in [0.1, 0.15) is 34.7 Å². The molecule has 0 heterocycles. The van der Waals surface area contributed by atoms with Crippen molar-refractivity contribution in [2.24, 2.45) is 0 Å². The van der Waals surface area contributed by atoms with Crippen molar-refractivity contribution in [1.82, 2.24) is 0 Å². The minimum absolute atomic E-state index is 0. The maximum Gasteiger partial charge on any atom is 0.146 e. The predicted octanol–water partition coefficient (Wildman–Crippen LogP) is -1.84. The average Bonchev–Trinajstić information content (AvgIpc) is 0. The molecule has 0 aliphatic rings. The van der Waals surface area contributed by atoms with Crippen molar-refractivity contribution >= 4 is 34.7 Å². The summed E-state index contributed by atoms with van der Waals surface area (Å²) in [6.07, 6.45) is 0. The van der Waals surface area contributed by atoms with E-state index in [4.69, 9.17) is 0 Å². The molecule has 26 valence electrons. The van der Waals surface area contributed by atoms with Crippen LogP contribution >= 0.6 is 0 Å². The van der Waals surface area contributed by atoms with Crippen molar-refractivity contribution in [3.63, 3.8) is 0 Å². The van der Waals surface area contributed by atoms with Crippen LogP contribution in [0, 0.1) is 0 Å². The van der Waals surface area contributed by atoms with Gasteiger partial charge in [0.15, 0.2) is 0 Å². The molecular weight excluding hydrogens is 166 g/mol. The molecule has 0 aliphatic heterocycles. The van der Waals surface area contributed by atoms with Crippen LogP contribution in [0.4, 0.5) is 0 Å². The molecule has 0 bridgehead atoms. The van der Waals surface area contributed by atoms with E-state index < -0.39 is 0 Å². The van der Waals surface area contributed by atoms with Crippen LogP contribution in [0.1, 0.15) is 0 Å². The Morgan fingerprint density at radius 3 is 0.500 bits per heavy atom. The maximum atomic E-state index is 0. The van der Waals surface area contributed by atoms with E-state index in [0.717, 1.165) is 0 Å². The number of hydrogen-bond acceptors (Lipinski definition) is 0. The summed E-state index contributed by atoms with van der Waals surface area (Å²) >= 11 is 0. The molecule has 0 aliphatic carbocycles. The van der Waals surface area contributed by atoms with E-state index in [9.17, 15) is 0 Å². The van der Waals surface area contributed by atoms with E-state index in [1.54, 1.807) is 0 Å². The smallest absolute Gasteiger partial charge is 0 e. The Morgan fingerprint density at radius 2 is 0.500 bits per heavy atom. The molecule has 0 aromatic heterocycles. The van der Waals surface area contributed by atoms with Crippen LogP contribution in [0.3, 0.4) is 0 Å². The second-order valence-electron chi connectivity index (χ2n) is 0. The van der Waals surface area contributed by atoms with Crippen molar-refractivity contribution in [3.8, 4) is 0 Å². The normalized spacial score (nSPS) is 0. The van der Waals surface area contributed by atoms with E-state index in [1.165, 1.54) is 0 Å². The Morgan fingerprint density at radius 1 is 0.500 bits per heavy atom. The van der Waals surface area contributed by atoms with Gasteiger partial charge in [0, 0.05) is 34.1 Å². The Balaban J connectivity index is 0. The van der Waals surface area contributed by atoms with Gasteiger partial charge < -0.3 is 0 Å². The topological polar surface area (TPSA) is 0 Å². The molecule has 0 aromatic carbocycles. The molecule has 4 heteroatoms. The Hall–Kier alpha value is 2.10. The van der Waals surface area contributed by atoms with Gasteiger partial charge in [0.05, 0.1) is 0 Å². The third-order valence-electron chi connectivity index (χ3n) is 0. The average molecular weight is 170 g/mol. The van der Waals surface area contributed by atoms with E-state index >= 15 is 0 Å². The monoisotopic (exact) mass is 170 g/mol. The van der Waals surface area contributed by atoms with Gasteiger partial charge in [0.2, 0.25) is 0 Å². The zero-order valence-electron chi connectivity index (χ0n) is 2.71. The van der Waals surface area contributed by atoms with Gasteiger partial charge in [-0.1, -0.05) is 0 Å². The third-order valence-corrected chi connectivity index (χ3v) is 0. The molecule has 4 heavy (non-hydrogen) atoms. The maximum absolute atomic E-state index is 0. The molecule has 0 nitrogen and oxygen atoms in total. The van der Waals surface area contributed by atoms with E-state index in [2.05, 4.69) is 0 Å². The van der Waals surface area contributed by atoms with Crippen LogP contribution in [0.25, 0.3) is 0 Å². The largest absolute Gasteiger partial charge is 0.146 e. The van der Waals surface area contributed by atoms with Crippen LogP contribution in [0.5, 0.6) is 0 Å². The fraction of sp³-hybridized carbons (Fsp3) is 0. The first-order valence-corrected chi connectivity index (χ1v) is 0. The van der Waals surface area contributed by atoms with Gasteiger partial charge >= 0.3 is 0 Å². The summed E-state index contributed by atoms with van der Waals surface area (Å²) in [5.74, 6) is 0. The molecule has 2 radical (unpaired) electrons. The van der Waals surface area contributed by atoms with E-state index in [1.807, 2.05) is 0 Å². The van der Waals surface area contributed by atoms with Crippen molar-refractivity contribution in [3.05, 3.63) is 0 Å². The minimum Gasteiger partial charge on any atom is 0 e. The first kappa shape index (κ1) is 35.9. The Bertz CT molecular complexity index is 4.00. The van der Waals surface area contributed by atoms with E-state index in [0.29, 0.717) is 0 Å². The van der Waals surface area contributed by atoms with Crippen molar-refractivity contribution in [1.29, 1.82) is 0 Å². The molecule has 0 amide bonds. The van der Waals surface area contributed by atoms with Gasteiger partial charge in [-0.3, -0.25) is 0 Å². The molecule has 0 unspecified atom stereocenters. The first-order valence-electron chi connectivity index (χ1n) is 0. The summed E-state index contributed by atoms with van der Waals surface area (Å²) in [6, 6.07) is 0. The summed E-state index contributed by atoms with van der Waals surface area (Å²) in [4.78, 5) is 0. The zero-order chi connectivity index (χ0) is 0. The van der Waals surface area contributed by atoms with E-state index in [-0.39, 0.29) is 68.9 Å². The Kier molecular flexibility index (Phi) is 174. The third kappa shape index (κ3) is 8.93. The summed E-state index contributed by atoms with van der Waals surface area (Å²) in [5, 5.41) is 0. The molecule has 0 rings (SSSR count). The van der Waals surface area contributed by atoms with Gasteiger partial charge in [0.25, 0.3) is 0 Å². The quantitative estimate of drug-likeness (QED) is 0.374. The first-order chi connectivity index (χ1) is 0. The zero-order valence-corrected chi connectivity index (χ0v) is 8.92. The SMILES string of the molecule is [AlH2].[AlH2].[Fe].[Fe]. The van der Waals surface area contributed by atoms with Crippen LogP contribution in [-0.2, 0) is 34.1 Å². The van der Waals surface area contributed by atoms with Gasteiger partial charge in [-0.25, -0.2) is 0 Å². The van der Waals surface area contributed by atoms with Crippen LogP contribution in [0.15, 0.2) is 0 Å². The fourth-order valence-electron chi connectivity index (χ4n) is 0. The van der Waals surface area contributed by atoms with Crippen molar-refractivity contribution < 1.29 is 34.1 Å². The fourth-order valence-corrected chi connectivity index (χ4v) is 0. The molecule has 0 spiro atoms. The van der Waals surface area contributed by atoms with Crippen molar-refractivity contribution in [2.45, 2.75) is 0 Å². The van der Waals surface area contributed by atoms with Crippen molar-refractivity contribution in [2.75, 3.05) is 0 Å². The van der Waals surface area contributed by atoms with Gasteiger partial charge in [-0.2, -0.15) is 0 Å².